The van der Waals surface area contributed by atoms with Crippen LogP contribution in [-0.2, 0) is 9.53 Å². The monoisotopic (exact) mass is 238 g/mol. The number of thioether (sulfide) groups is 1. The minimum absolute atomic E-state index is 0.362. The van der Waals surface area contributed by atoms with Gasteiger partial charge < -0.3 is 9.47 Å². The van der Waals surface area contributed by atoms with Crippen LogP contribution in [0, 0.1) is 0 Å². The lowest BCUT2D eigenvalue weighted by Gasteiger charge is -2.05. The molecule has 0 saturated heterocycles. The Bertz CT molecular complexity index is 370. The fourth-order valence-electron chi connectivity index (χ4n) is 1.04. The summed E-state index contributed by atoms with van der Waals surface area (Å²) < 4.78 is 9.87. The normalized spacial score (nSPS) is 9.62. The molecule has 0 spiro atoms. The second kappa shape index (κ2) is 6.23. The summed E-state index contributed by atoms with van der Waals surface area (Å²) >= 11 is 1.29. The molecule has 1 aromatic rings. The number of esters is 1. The zero-order chi connectivity index (χ0) is 12.0. The van der Waals surface area contributed by atoms with Crippen LogP contribution in [0.1, 0.15) is 6.92 Å². The molecular weight excluding hydrogens is 224 g/mol. The number of hydrogen-bond donors (Lipinski definition) is 0. The third-order valence-corrected chi connectivity index (χ3v) is 2.72. The van der Waals surface area contributed by atoms with Gasteiger partial charge in [-0.05, 0) is 31.2 Å². The molecule has 0 heterocycles. The van der Waals surface area contributed by atoms with Gasteiger partial charge in [-0.15, -0.1) is 0 Å². The van der Waals surface area contributed by atoms with Crippen LogP contribution in [-0.4, -0.2) is 19.7 Å². The quantitative estimate of drug-likeness (QED) is 0.449. The number of rotatable bonds is 5. The van der Waals surface area contributed by atoms with Crippen LogP contribution in [0.5, 0.6) is 5.75 Å². The van der Waals surface area contributed by atoms with E-state index in [1.54, 1.807) is 14.0 Å². The fourth-order valence-corrected chi connectivity index (χ4v) is 1.74. The molecule has 1 aromatic carbocycles. The van der Waals surface area contributed by atoms with E-state index >= 15 is 0 Å². The van der Waals surface area contributed by atoms with Gasteiger partial charge in [0.05, 0.1) is 18.6 Å². The molecule has 0 radical (unpaired) electrons. The highest BCUT2D eigenvalue weighted by Crippen LogP contribution is 2.27. The van der Waals surface area contributed by atoms with Gasteiger partial charge in [0.15, 0.2) is 0 Å². The maximum Gasteiger partial charge on any atom is 0.344 e. The van der Waals surface area contributed by atoms with Crippen molar-refractivity contribution in [3.63, 3.8) is 0 Å². The number of hydrogen-bond acceptors (Lipinski definition) is 4. The van der Waals surface area contributed by atoms with E-state index in [0.717, 1.165) is 10.6 Å². The number of carbonyl (C=O) groups is 1. The molecule has 1 rings (SSSR count). The molecule has 0 atom stereocenters. The molecular formula is C12H14O3S. The lowest BCUT2D eigenvalue weighted by Crippen LogP contribution is -2.03. The second-order valence-corrected chi connectivity index (χ2v) is 4.09. The van der Waals surface area contributed by atoms with Crippen molar-refractivity contribution in [1.82, 2.24) is 0 Å². The second-order valence-electron chi connectivity index (χ2n) is 2.92. The number of methoxy groups -OCH3 is 1. The third-order valence-electron chi connectivity index (χ3n) is 1.80. The van der Waals surface area contributed by atoms with E-state index in [0.29, 0.717) is 11.5 Å². The van der Waals surface area contributed by atoms with Crippen molar-refractivity contribution in [1.29, 1.82) is 0 Å². The van der Waals surface area contributed by atoms with Crippen molar-refractivity contribution in [2.24, 2.45) is 0 Å². The lowest BCUT2D eigenvalue weighted by molar-refractivity contribution is -0.137. The van der Waals surface area contributed by atoms with Crippen LogP contribution in [0.3, 0.4) is 0 Å². The summed E-state index contributed by atoms with van der Waals surface area (Å²) in [5.74, 6) is 0.411. The van der Waals surface area contributed by atoms with Crippen LogP contribution in [0.4, 0.5) is 0 Å². The van der Waals surface area contributed by atoms with Gasteiger partial charge in [0.25, 0.3) is 0 Å². The zero-order valence-corrected chi connectivity index (χ0v) is 10.2. The molecule has 16 heavy (non-hydrogen) atoms. The minimum Gasteiger partial charge on any atom is -0.497 e. The summed E-state index contributed by atoms with van der Waals surface area (Å²) in [7, 11) is 1.61. The average Bonchev–Trinajstić information content (AvgIpc) is 2.30. The highest BCUT2D eigenvalue weighted by molar-refractivity contribution is 8.04. The molecule has 4 heteroatoms. The first-order valence-corrected chi connectivity index (χ1v) is 5.67. The molecule has 0 bridgehead atoms. The Morgan fingerprint density at radius 2 is 2.00 bits per heavy atom. The molecule has 0 N–H and O–H groups in total. The number of ether oxygens (including phenoxy) is 2. The standard InChI is InChI=1S/C12H14O3S/c1-4-15-12(13)9(2)16-11-7-5-10(14-3)6-8-11/h5-8H,2,4H2,1,3H3. The van der Waals surface area contributed by atoms with E-state index in [1.165, 1.54) is 11.8 Å². The Balaban J connectivity index is 2.59. The van der Waals surface area contributed by atoms with Gasteiger partial charge >= 0.3 is 5.97 Å². The maximum absolute atomic E-state index is 11.3. The summed E-state index contributed by atoms with van der Waals surface area (Å²) in [5, 5.41) is 0. The molecule has 0 aliphatic heterocycles. The Morgan fingerprint density at radius 3 is 2.50 bits per heavy atom. The third kappa shape index (κ3) is 3.62. The Hall–Kier alpha value is -1.42. The highest BCUT2D eigenvalue weighted by atomic mass is 32.2. The van der Waals surface area contributed by atoms with E-state index in [2.05, 4.69) is 6.58 Å². The molecule has 0 aliphatic carbocycles. The van der Waals surface area contributed by atoms with Gasteiger partial charge in [0.2, 0.25) is 0 Å². The van der Waals surface area contributed by atoms with Crippen molar-refractivity contribution in [3.8, 4) is 5.75 Å². The van der Waals surface area contributed by atoms with Gasteiger partial charge in [0.1, 0.15) is 5.75 Å². The van der Waals surface area contributed by atoms with Crippen molar-refractivity contribution in [3.05, 3.63) is 35.7 Å². The molecule has 0 aliphatic rings. The summed E-state index contributed by atoms with van der Waals surface area (Å²) in [6.45, 7) is 5.80. The van der Waals surface area contributed by atoms with Crippen LogP contribution in [0.15, 0.2) is 40.6 Å². The van der Waals surface area contributed by atoms with Crippen molar-refractivity contribution < 1.29 is 14.3 Å². The Labute approximate surface area is 99.4 Å². The minimum atomic E-state index is -0.372. The molecule has 0 unspecified atom stereocenters. The SMILES string of the molecule is C=C(Sc1ccc(OC)cc1)C(=O)OCC. The van der Waals surface area contributed by atoms with E-state index in [4.69, 9.17) is 9.47 Å². The highest BCUT2D eigenvalue weighted by Gasteiger charge is 2.09. The summed E-state index contributed by atoms with van der Waals surface area (Å²) in [4.78, 5) is 12.6. The van der Waals surface area contributed by atoms with Crippen LogP contribution < -0.4 is 4.74 Å². The molecule has 0 amide bonds. The Morgan fingerprint density at radius 1 is 1.38 bits per heavy atom. The van der Waals surface area contributed by atoms with Crippen molar-refractivity contribution in [2.45, 2.75) is 11.8 Å². The number of benzene rings is 1. The van der Waals surface area contributed by atoms with Gasteiger partial charge in [-0.25, -0.2) is 4.79 Å². The molecule has 0 fully saturated rings. The van der Waals surface area contributed by atoms with E-state index in [9.17, 15) is 4.79 Å². The number of carbonyl (C=O) groups excluding carboxylic acids is 1. The maximum atomic E-state index is 11.3. The first-order chi connectivity index (χ1) is 7.67. The van der Waals surface area contributed by atoms with E-state index < -0.39 is 0 Å². The molecule has 0 aromatic heterocycles. The predicted octanol–water partition coefficient (Wildman–Crippen LogP) is 2.86. The summed E-state index contributed by atoms with van der Waals surface area (Å²) in [6.07, 6.45) is 0. The first kappa shape index (κ1) is 12.6. The summed E-state index contributed by atoms with van der Waals surface area (Å²) in [6, 6.07) is 7.41. The topological polar surface area (TPSA) is 35.5 Å². The fraction of sp³-hybridized carbons (Fsp3) is 0.250. The van der Waals surface area contributed by atoms with Crippen molar-refractivity contribution >= 4 is 17.7 Å². The van der Waals surface area contributed by atoms with Gasteiger partial charge in [-0.3, -0.25) is 0 Å². The zero-order valence-electron chi connectivity index (χ0n) is 9.36. The first-order valence-electron chi connectivity index (χ1n) is 4.85. The predicted molar refractivity (Wildman–Crippen MR) is 64.6 cm³/mol. The lowest BCUT2D eigenvalue weighted by atomic mass is 10.3. The Kier molecular flexibility index (Phi) is 4.92. The van der Waals surface area contributed by atoms with Crippen LogP contribution >= 0.6 is 11.8 Å². The van der Waals surface area contributed by atoms with Crippen LogP contribution in [0.2, 0.25) is 0 Å². The van der Waals surface area contributed by atoms with Gasteiger partial charge in [-0.1, -0.05) is 18.3 Å². The molecule has 86 valence electrons. The molecule has 0 saturated carbocycles. The summed E-state index contributed by atoms with van der Waals surface area (Å²) in [5.41, 5.74) is 0. The van der Waals surface area contributed by atoms with Crippen LogP contribution in [0.25, 0.3) is 0 Å². The van der Waals surface area contributed by atoms with E-state index in [-0.39, 0.29) is 5.97 Å². The van der Waals surface area contributed by atoms with E-state index in [1.807, 2.05) is 24.3 Å². The van der Waals surface area contributed by atoms with Gasteiger partial charge in [-0.2, -0.15) is 0 Å². The smallest absolute Gasteiger partial charge is 0.344 e. The largest absolute Gasteiger partial charge is 0.497 e. The van der Waals surface area contributed by atoms with Gasteiger partial charge in [0, 0.05) is 4.90 Å². The van der Waals surface area contributed by atoms with Crippen molar-refractivity contribution in [2.75, 3.05) is 13.7 Å². The molecule has 3 nitrogen and oxygen atoms in total. The average molecular weight is 238 g/mol.